The van der Waals surface area contributed by atoms with Crippen LogP contribution >= 0.6 is 11.3 Å². The lowest BCUT2D eigenvalue weighted by Gasteiger charge is -2.22. The molecular weight excluding hydrogens is 268 g/mol. The molecule has 1 unspecified atom stereocenters. The van der Waals surface area contributed by atoms with E-state index in [1.165, 1.54) is 30.6 Å². The van der Waals surface area contributed by atoms with Gasteiger partial charge in [-0.3, -0.25) is 0 Å². The van der Waals surface area contributed by atoms with Gasteiger partial charge >= 0.3 is 0 Å². The van der Waals surface area contributed by atoms with E-state index in [1.807, 2.05) is 0 Å². The third kappa shape index (κ3) is 2.59. The highest BCUT2D eigenvalue weighted by atomic mass is 32.1. The number of nitrogen functional groups attached to an aromatic ring is 1. The largest absolute Gasteiger partial charge is 0.368 e. The maximum atomic E-state index is 5.89. The monoisotopic (exact) mass is 290 g/mol. The summed E-state index contributed by atoms with van der Waals surface area (Å²) in [5, 5.41) is 1.16. The highest BCUT2D eigenvalue weighted by Crippen LogP contribution is 2.33. The second-order valence-corrected chi connectivity index (χ2v) is 6.91. The summed E-state index contributed by atoms with van der Waals surface area (Å²) in [6.45, 7) is 6.57. The van der Waals surface area contributed by atoms with Gasteiger partial charge < -0.3 is 10.6 Å². The molecule has 5 heteroatoms. The van der Waals surface area contributed by atoms with Crippen molar-refractivity contribution in [1.29, 1.82) is 0 Å². The number of thiophene rings is 1. The van der Waals surface area contributed by atoms with Gasteiger partial charge in [0.05, 0.1) is 5.39 Å². The Morgan fingerprint density at radius 3 is 3.00 bits per heavy atom. The van der Waals surface area contributed by atoms with E-state index in [-0.39, 0.29) is 0 Å². The Bertz CT molecular complexity index is 607. The van der Waals surface area contributed by atoms with Crippen LogP contribution in [-0.4, -0.2) is 23.1 Å². The maximum absolute atomic E-state index is 5.89. The Morgan fingerprint density at radius 2 is 2.20 bits per heavy atom. The molecule has 1 atom stereocenters. The van der Waals surface area contributed by atoms with Crippen LogP contribution in [0, 0.1) is 12.8 Å². The molecule has 0 aromatic carbocycles. The fourth-order valence-corrected chi connectivity index (χ4v) is 3.95. The number of aromatic nitrogens is 2. The second kappa shape index (κ2) is 5.56. The third-order valence-corrected chi connectivity index (χ3v) is 5.18. The minimum Gasteiger partial charge on any atom is -0.368 e. The SMILES string of the molecule is CCC1CCCN(c2nc(N)nc3sc(C)cc23)CC1. The Hall–Kier alpha value is -1.36. The highest BCUT2D eigenvalue weighted by molar-refractivity contribution is 7.18. The van der Waals surface area contributed by atoms with Crippen LogP contribution in [0.3, 0.4) is 0 Å². The highest BCUT2D eigenvalue weighted by Gasteiger charge is 2.20. The van der Waals surface area contributed by atoms with Crippen LogP contribution in [0.25, 0.3) is 10.2 Å². The number of nitrogens with two attached hydrogens (primary N) is 1. The average Bonchev–Trinajstić information content (AvgIpc) is 2.65. The number of rotatable bonds is 2. The lowest BCUT2D eigenvalue weighted by atomic mass is 9.98. The smallest absolute Gasteiger partial charge is 0.223 e. The maximum Gasteiger partial charge on any atom is 0.223 e. The van der Waals surface area contributed by atoms with Gasteiger partial charge in [-0.1, -0.05) is 13.3 Å². The minimum absolute atomic E-state index is 0.394. The molecule has 1 aliphatic rings. The topological polar surface area (TPSA) is 55.0 Å². The van der Waals surface area contributed by atoms with Crippen LogP contribution in [0.4, 0.5) is 11.8 Å². The Labute approximate surface area is 124 Å². The Balaban J connectivity index is 1.96. The lowest BCUT2D eigenvalue weighted by Crippen LogP contribution is -2.25. The van der Waals surface area contributed by atoms with Gasteiger partial charge in [-0.2, -0.15) is 4.98 Å². The molecule has 4 nitrogen and oxygen atoms in total. The van der Waals surface area contributed by atoms with Crippen molar-refractivity contribution in [3.05, 3.63) is 10.9 Å². The number of aryl methyl sites for hydroxylation is 1. The summed E-state index contributed by atoms with van der Waals surface area (Å²) in [6, 6.07) is 2.19. The molecule has 2 N–H and O–H groups in total. The van der Waals surface area contributed by atoms with E-state index in [0.717, 1.165) is 35.0 Å². The van der Waals surface area contributed by atoms with Crippen molar-refractivity contribution >= 4 is 33.3 Å². The van der Waals surface area contributed by atoms with Gasteiger partial charge in [0.25, 0.3) is 0 Å². The van der Waals surface area contributed by atoms with E-state index in [4.69, 9.17) is 5.73 Å². The number of fused-ring (bicyclic) bond motifs is 1. The Kier molecular flexibility index (Phi) is 3.78. The average molecular weight is 290 g/mol. The van der Waals surface area contributed by atoms with Gasteiger partial charge in [0.15, 0.2) is 0 Å². The van der Waals surface area contributed by atoms with E-state index in [2.05, 4.69) is 34.8 Å². The molecular formula is C15H22N4S. The van der Waals surface area contributed by atoms with E-state index >= 15 is 0 Å². The second-order valence-electron chi connectivity index (χ2n) is 5.67. The van der Waals surface area contributed by atoms with Crippen molar-refractivity contribution in [1.82, 2.24) is 9.97 Å². The van der Waals surface area contributed by atoms with Crippen LogP contribution in [-0.2, 0) is 0 Å². The van der Waals surface area contributed by atoms with Crippen molar-refractivity contribution in [2.24, 2.45) is 5.92 Å². The number of anilines is 2. The number of hydrogen-bond donors (Lipinski definition) is 1. The number of nitrogens with zero attached hydrogens (tertiary/aromatic N) is 3. The van der Waals surface area contributed by atoms with Crippen molar-refractivity contribution < 1.29 is 0 Å². The molecule has 0 radical (unpaired) electrons. The molecule has 0 aliphatic carbocycles. The first kappa shape index (κ1) is 13.6. The van der Waals surface area contributed by atoms with Crippen LogP contribution < -0.4 is 10.6 Å². The Morgan fingerprint density at radius 1 is 1.35 bits per heavy atom. The zero-order valence-corrected chi connectivity index (χ0v) is 13.0. The molecule has 0 bridgehead atoms. The first-order valence-corrected chi connectivity index (χ1v) is 8.27. The van der Waals surface area contributed by atoms with Crippen LogP contribution in [0.2, 0.25) is 0 Å². The van der Waals surface area contributed by atoms with Crippen LogP contribution in [0.15, 0.2) is 6.07 Å². The number of hydrogen-bond acceptors (Lipinski definition) is 5. The summed E-state index contributed by atoms with van der Waals surface area (Å²) in [7, 11) is 0. The molecule has 1 fully saturated rings. The van der Waals surface area contributed by atoms with Gasteiger partial charge in [0, 0.05) is 18.0 Å². The van der Waals surface area contributed by atoms with Gasteiger partial charge in [-0.15, -0.1) is 11.3 Å². The predicted molar refractivity (Wildman–Crippen MR) is 86.4 cm³/mol. The fourth-order valence-electron chi connectivity index (χ4n) is 3.07. The summed E-state index contributed by atoms with van der Waals surface area (Å²) in [6.07, 6.45) is 5.12. The van der Waals surface area contributed by atoms with Gasteiger partial charge in [0.1, 0.15) is 10.6 Å². The van der Waals surface area contributed by atoms with E-state index in [0.29, 0.717) is 5.95 Å². The summed E-state index contributed by atoms with van der Waals surface area (Å²) in [5.41, 5.74) is 5.89. The summed E-state index contributed by atoms with van der Waals surface area (Å²) >= 11 is 1.70. The van der Waals surface area contributed by atoms with E-state index in [1.54, 1.807) is 11.3 Å². The van der Waals surface area contributed by atoms with Crippen molar-refractivity contribution in [2.75, 3.05) is 23.7 Å². The van der Waals surface area contributed by atoms with Crippen LogP contribution in [0.1, 0.15) is 37.5 Å². The third-order valence-electron chi connectivity index (χ3n) is 4.24. The van der Waals surface area contributed by atoms with Crippen molar-refractivity contribution in [3.63, 3.8) is 0 Å². The molecule has 1 saturated heterocycles. The molecule has 3 heterocycles. The molecule has 1 aliphatic heterocycles. The first-order valence-electron chi connectivity index (χ1n) is 7.46. The fraction of sp³-hybridized carbons (Fsp3) is 0.600. The molecule has 3 rings (SSSR count). The zero-order valence-electron chi connectivity index (χ0n) is 12.2. The predicted octanol–water partition coefficient (Wildman–Crippen LogP) is 3.60. The minimum atomic E-state index is 0.394. The van der Waals surface area contributed by atoms with Gasteiger partial charge in [-0.25, -0.2) is 4.98 Å². The standard InChI is InChI=1S/C15H22N4S/c1-3-11-5-4-7-19(8-6-11)13-12-9-10(2)20-14(12)18-15(16)17-13/h9,11H,3-8H2,1-2H3,(H2,16,17,18). The molecule has 2 aromatic heterocycles. The summed E-state index contributed by atoms with van der Waals surface area (Å²) in [4.78, 5) is 13.6. The van der Waals surface area contributed by atoms with Gasteiger partial charge in [-0.05, 0) is 38.2 Å². The van der Waals surface area contributed by atoms with Crippen LogP contribution in [0.5, 0.6) is 0 Å². The van der Waals surface area contributed by atoms with E-state index < -0.39 is 0 Å². The quantitative estimate of drug-likeness (QED) is 0.918. The van der Waals surface area contributed by atoms with Gasteiger partial charge in [0.2, 0.25) is 5.95 Å². The van der Waals surface area contributed by atoms with Crippen molar-refractivity contribution in [3.8, 4) is 0 Å². The molecule has 0 amide bonds. The molecule has 0 spiro atoms. The molecule has 108 valence electrons. The summed E-state index contributed by atoms with van der Waals surface area (Å²) in [5.74, 6) is 2.29. The molecule has 20 heavy (non-hydrogen) atoms. The summed E-state index contributed by atoms with van der Waals surface area (Å²) < 4.78 is 0. The molecule has 0 saturated carbocycles. The van der Waals surface area contributed by atoms with Crippen molar-refractivity contribution in [2.45, 2.75) is 39.5 Å². The zero-order chi connectivity index (χ0) is 14.1. The molecule has 2 aromatic rings. The normalized spacial score (nSPS) is 20.3. The van der Waals surface area contributed by atoms with E-state index in [9.17, 15) is 0 Å². The lowest BCUT2D eigenvalue weighted by molar-refractivity contribution is 0.459. The first-order chi connectivity index (χ1) is 9.67.